The van der Waals surface area contributed by atoms with E-state index in [2.05, 4.69) is 10.2 Å². The molecule has 156 valence electrons. The summed E-state index contributed by atoms with van der Waals surface area (Å²) in [6.07, 6.45) is 4.83. The molecule has 0 radical (unpaired) electrons. The van der Waals surface area contributed by atoms with Crippen LogP contribution in [0.15, 0.2) is 48.5 Å². The molecule has 2 aliphatic rings. The number of hydrogen-bond acceptors (Lipinski definition) is 4. The Morgan fingerprint density at radius 3 is 2.13 bits per heavy atom. The molecule has 0 unspecified atom stereocenters. The highest BCUT2D eigenvalue weighted by Gasteiger charge is 2.34. The summed E-state index contributed by atoms with van der Waals surface area (Å²) in [5, 5.41) is 2.97. The second-order valence-corrected chi connectivity index (χ2v) is 7.95. The number of nitrogens with one attached hydrogen (secondary N) is 1. The van der Waals surface area contributed by atoms with Crippen LogP contribution in [0.4, 0.5) is 0 Å². The minimum atomic E-state index is -0.272. The van der Waals surface area contributed by atoms with E-state index in [9.17, 15) is 14.4 Å². The highest BCUT2D eigenvalue weighted by molar-refractivity contribution is 6.21. The van der Waals surface area contributed by atoms with Crippen LogP contribution in [-0.4, -0.2) is 53.7 Å². The van der Waals surface area contributed by atoms with Gasteiger partial charge in [-0.1, -0.05) is 30.7 Å². The van der Waals surface area contributed by atoms with Crippen LogP contribution in [0.3, 0.4) is 0 Å². The molecule has 0 spiro atoms. The summed E-state index contributed by atoms with van der Waals surface area (Å²) in [7, 11) is 0. The molecule has 4 rings (SSSR count). The van der Waals surface area contributed by atoms with Crippen molar-refractivity contribution in [3.05, 3.63) is 70.8 Å². The van der Waals surface area contributed by atoms with Crippen molar-refractivity contribution in [2.45, 2.75) is 32.2 Å². The second kappa shape index (κ2) is 9.22. The molecule has 0 bridgehead atoms. The van der Waals surface area contributed by atoms with Crippen molar-refractivity contribution in [1.29, 1.82) is 0 Å². The molecule has 2 aromatic rings. The van der Waals surface area contributed by atoms with E-state index in [4.69, 9.17) is 0 Å². The second-order valence-electron chi connectivity index (χ2n) is 7.95. The van der Waals surface area contributed by atoms with E-state index in [0.717, 1.165) is 18.5 Å². The molecule has 0 aliphatic carbocycles. The summed E-state index contributed by atoms with van der Waals surface area (Å²) in [5.41, 5.74) is 2.29. The summed E-state index contributed by atoms with van der Waals surface area (Å²) < 4.78 is 0. The molecule has 2 aromatic carbocycles. The molecular formula is C24H27N3O3. The van der Waals surface area contributed by atoms with Crippen molar-refractivity contribution >= 4 is 17.7 Å². The Morgan fingerprint density at radius 2 is 1.50 bits per heavy atom. The maximum absolute atomic E-state index is 12.5. The zero-order chi connectivity index (χ0) is 20.9. The van der Waals surface area contributed by atoms with Crippen molar-refractivity contribution in [2.24, 2.45) is 0 Å². The third kappa shape index (κ3) is 4.44. The highest BCUT2D eigenvalue weighted by atomic mass is 16.2. The maximum atomic E-state index is 12.5. The number of imide groups is 1. The zero-order valence-electron chi connectivity index (χ0n) is 17.1. The van der Waals surface area contributed by atoms with Gasteiger partial charge in [0.05, 0.1) is 17.7 Å². The van der Waals surface area contributed by atoms with E-state index < -0.39 is 0 Å². The van der Waals surface area contributed by atoms with Gasteiger partial charge in [-0.25, -0.2) is 0 Å². The lowest BCUT2D eigenvalue weighted by atomic mass is 10.1. The number of fused-ring (bicyclic) bond motifs is 1. The summed E-state index contributed by atoms with van der Waals surface area (Å²) in [4.78, 5) is 41.0. The van der Waals surface area contributed by atoms with Gasteiger partial charge in [-0.2, -0.15) is 0 Å². The molecule has 3 amide bonds. The van der Waals surface area contributed by atoms with Crippen LogP contribution in [0.2, 0.25) is 0 Å². The minimum absolute atomic E-state index is 0.0964. The SMILES string of the molecule is O=C(NCCCN1CCCCC1)c1ccc(CN2C(=O)c3ccccc3C2=O)cc1. The first-order valence-electron chi connectivity index (χ1n) is 10.7. The van der Waals surface area contributed by atoms with Crippen LogP contribution in [0, 0.1) is 0 Å². The van der Waals surface area contributed by atoms with Crippen molar-refractivity contribution in [3.8, 4) is 0 Å². The van der Waals surface area contributed by atoms with Gasteiger partial charge in [0.15, 0.2) is 0 Å². The van der Waals surface area contributed by atoms with Crippen LogP contribution in [0.25, 0.3) is 0 Å². The molecular weight excluding hydrogens is 378 g/mol. The lowest BCUT2D eigenvalue weighted by molar-refractivity contribution is 0.0641. The predicted octanol–water partition coefficient (Wildman–Crippen LogP) is 3.09. The van der Waals surface area contributed by atoms with Gasteiger partial charge >= 0.3 is 0 Å². The number of nitrogens with zero attached hydrogens (tertiary/aromatic N) is 2. The quantitative estimate of drug-likeness (QED) is 0.568. The van der Waals surface area contributed by atoms with Gasteiger partial charge < -0.3 is 10.2 Å². The molecule has 6 nitrogen and oxygen atoms in total. The van der Waals surface area contributed by atoms with Crippen LogP contribution in [0.5, 0.6) is 0 Å². The number of amides is 3. The van der Waals surface area contributed by atoms with Crippen molar-refractivity contribution in [1.82, 2.24) is 15.1 Å². The van der Waals surface area contributed by atoms with E-state index in [1.54, 1.807) is 48.5 Å². The summed E-state index contributed by atoms with van der Waals surface area (Å²) in [6.45, 7) is 4.22. The molecule has 1 N–H and O–H groups in total. The molecule has 2 aliphatic heterocycles. The fourth-order valence-corrected chi connectivity index (χ4v) is 4.12. The van der Waals surface area contributed by atoms with E-state index in [1.807, 2.05) is 0 Å². The molecule has 1 fully saturated rings. The van der Waals surface area contributed by atoms with Crippen LogP contribution in [0.1, 0.15) is 62.3 Å². The molecule has 30 heavy (non-hydrogen) atoms. The Bertz CT molecular complexity index is 898. The fraction of sp³-hybridized carbons (Fsp3) is 0.375. The fourth-order valence-electron chi connectivity index (χ4n) is 4.12. The summed E-state index contributed by atoms with van der Waals surface area (Å²) in [6, 6.07) is 13.9. The lowest BCUT2D eigenvalue weighted by Gasteiger charge is -2.26. The van der Waals surface area contributed by atoms with Crippen molar-refractivity contribution in [3.63, 3.8) is 0 Å². The third-order valence-electron chi connectivity index (χ3n) is 5.82. The molecule has 0 atom stereocenters. The number of hydrogen-bond donors (Lipinski definition) is 1. The van der Waals surface area contributed by atoms with Gasteiger partial charge in [-0.05, 0) is 68.7 Å². The Morgan fingerprint density at radius 1 is 0.867 bits per heavy atom. The minimum Gasteiger partial charge on any atom is -0.352 e. The van der Waals surface area contributed by atoms with E-state index in [0.29, 0.717) is 23.2 Å². The maximum Gasteiger partial charge on any atom is 0.261 e. The summed E-state index contributed by atoms with van der Waals surface area (Å²) in [5.74, 6) is -0.641. The van der Waals surface area contributed by atoms with Gasteiger partial charge in [0, 0.05) is 12.1 Å². The Kier molecular flexibility index (Phi) is 6.23. The average molecular weight is 405 g/mol. The number of carbonyl (C=O) groups is 3. The third-order valence-corrected chi connectivity index (χ3v) is 5.82. The lowest BCUT2D eigenvalue weighted by Crippen LogP contribution is -2.33. The number of rotatable bonds is 7. The van der Waals surface area contributed by atoms with E-state index in [-0.39, 0.29) is 24.3 Å². The van der Waals surface area contributed by atoms with Crippen LogP contribution >= 0.6 is 0 Å². The van der Waals surface area contributed by atoms with E-state index in [1.165, 1.54) is 37.3 Å². The van der Waals surface area contributed by atoms with Gasteiger partial charge in [0.25, 0.3) is 17.7 Å². The van der Waals surface area contributed by atoms with Gasteiger partial charge in [0.2, 0.25) is 0 Å². The zero-order valence-corrected chi connectivity index (χ0v) is 17.1. The number of likely N-dealkylation sites (tertiary alicyclic amines) is 1. The van der Waals surface area contributed by atoms with Crippen LogP contribution < -0.4 is 5.32 Å². The predicted molar refractivity (Wildman–Crippen MR) is 114 cm³/mol. The molecule has 0 saturated carbocycles. The van der Waals surface area contributed by atoms with Gasteiger partial charge in [-0.3, -0.25) is 19.3 Å². The van der Waals surface area contributed by atoms with Crippen LogP contribution in [-0.2, 0) is 6.54 Å². The topological polar surface area (TPSA) is 69.7 Å². The van der Waals surface area contributed by atoms with Gasteiger partial charge in [0.1, 0.15) is 0 Å². The molecule has 1 saturated heterocycles. The van der Waals surface area contributed by atoms with Gasteiger partial charge in [-0.15, -0.1) is 0 Å². The Labute approximate surface area is 176 Å². The average Bonchev–Trinajstić information content (AvgIpc) is 3.03. The first-order chi connectivity index (χ1) is 14.6. The number of piperidine rings is 1. The summed E-state index contributed by atoms with van der Waals surface area (Å²) >= 11 is 0. The van der Waals surface area contributed by atoms with E-state index >= 15 is 0 Å². The molecule has 2 heterocycles. The highest BCUT2D eigenvalue weighted by Crippen LogP contribution is 2.24. The normalized spacial score (nSPS) is 16.6. The number of benzene rings is 2. The Hall–Kier alpha value is -2.99. The molecule has 6 heteroatoms. The van der Waals surface area contributed by atoms with Crippen molar-refractivity contribution in [2.75, 3.05) is 26.2 Å². The Balaban J connectivity index is 1.27. The molecule has 0 aromatic heterocycles. The first-order valence-corrected chi connectivity index (χ1v) is 10.7. The number of carbonyl (C=O) groups excluding carboxylic acids is 3. The monoisotopic (exact) mass is 405 g/mol. The first kappa shape index (κ1) is 20.3. The standard InChI is InChI=1S/C24H27N3O3/c28-22(25-13-6-16-26-14-4-1-5-15-26)19-11-9-18(10-12-19)17-27-23(29)20-7-2-3-8-21(20)24(27)30/h2-3,7-12H,1,4-6,13-17H2,(H,25,28). The smallest absolute Gasteiger partial charge is 0.261 e. The largest absolute Gasteiger partial charge is 0.352 e. The van der Waals surface area contributed by atoms with Crippen molar-refractivity contribution < 1.29 is 14.4 Å².